The lowest BCUT2D eigenvalue weighted by molar-refractivity contribution is 0.0944. The first-order valence-electron chi connectivity index (χ1n) is 8.10. The van der Waals surface area contributed by atoms with Crippen molar-refractivity contribution in [3.8, 4) is 0 Å². The quantitative estimate of drug-likeness (QED) is 0.671. The standard InChI is InChI=1S/C20H23N3O/c1-20(2,24)13-22-19-17(21)12-16-11-15(8-9-18(16)23-19)10-14-6-4-3-5-7-14/h3-9,11-12,24H,10,13,21H2,1-2H3,(H,22,23). The first-order chi connectivity index (χ1) is 11.4. The zero-order valence-electron chi connectivity index (χ0n) is 14.1. The minimum absolute atomic E-state index is 0.391. The van der Waals surface area contributed by atoms with E-state index in [2.05, 4.69) is 46.7 Å². The molecular formula is C20H23N3O. The first kappa shape index (κ1) is 16.3. The van der Waals surface area contributed by atoms with Crippen LogP contribution in [0.2, 0.25) is 0 Å². The molecule has 1 aromatic heterocycles. The van der Waals surface area contributed by atoms with Crippen LogP contribution in [-0.2, 0) is 6.42 Å². The van der Waals surface area contributed by atoms with E-state index in [1.165, 1.54) is 11.1 Å². The van der Waals surface area contributed by atoms with Gasteiger partial charge in [0.2, 0.25) is 0 Å². The van der Waals surface area contributed by atoms with E-state index in [0.717, 1.165) is 17.3 Å². The van der Waals surface area contributed by atoms with Gasteiger partial charge in [-0.05, 0) is 49.6 Å². The number of hydrogen-bond donors (Lipinski definition) is 3. The molecule has 0 unspecified atom stereocenters. The maximum absolute atomic E-state index is 9.83. The maximum atomic E-state index is 9.83. The second-order valence-electron chi connectivity index (χ2n) is 6.78. The summed E-state index contributed by atoms with van der Waals surface area (Å²) in [6.45, 7) is 3.88. The molecule has 0 amide bonds. The summed E-state index contributed by atoms with van der Waals surface area (Å²) in [4.78, 5) is 4.58. The summed E-state index contributed by atoms with van der Waals surface area (Å²) >= 11 is 0. The van der Waals surface area contributed by atoms with E-state index in [1.807, 2.05) is 18.2 Å². The van der Waals surface area contributed by atoms with Crippen LogP contribution < -0.4 is 11.1 Å². The van der Waals surface area contributed by atoms with E-state index in [-0.39, 0.29) is 0 Å². The van der Waals surface area contributed by atoms with Crippen molar-refractivity contribution in [2.24, 2.45) is 0 Å². The molecule has 4 N–H and O–H groups in total. The molecule has 0 fully saturated rings. The molecule has 3 aromatic rings. The Morgan fingerprint density at radius 2 is 1.79 bits per heavy atom. The third-order valence-corrected chi connectivity index (χ3v) is 3.85. The Labute approximate surface area is 142 Å². The van der Waals surface area contributed by atoms with Crippen LogP contribution in [0.5, 0.6) is 0 Å². The summed E-state index contributed by atoms with van der Waals surface area (Å²) in [7, 11) is 0. The molecule has 3 rings (SSSR count). The van der Waals surface area contributed by atoms with Crippen molar-refractivity contribution in [3.63, 3.8) is 0 Å². The summed E-state index contributed by atoms with van der Waals surface area (Å²) in [5, 5.41) is 14.0. The molecule has 0 bridgehead atoms. The number of nitrogens with zero attached hydrogens (tertiary/aromatic N) is 1. The fourth-order valence-electron chi connectivity index (χ4n) is 2.63. The van der Waals surface area contributed by atoms with E-state index in [1.54, 1.807) is 13.8 Å². The highest BCUT2D eigenvalue weighted by Crippen LogP contribution is 2.24. The van der Waals surface area contributed by atoms with Crippen molar-refractivity contribution in [2.45, 2.75) is 25.9 Å². The number of nitrogens with two attached hydrogens (primary N) is 1. The summed E-state index contributed by atoms with van der Waals surface area (Å²) in [6.07, 6.45) is 0.884. The molecule has 4 heteroatoms. The van der Waals surface area contributed by atoms with Crippen molar-refractivity contribution < 1.29 is 5.11 Å². The Hall–Kier alpha value is -2.59. The number of anilines is 2. The number of nitrogen functional groups attached to an aromatic ring is 1. The summed E-state index contributed by atoms with van der Waals surface area (Å²) in [5.41, 5.74) is 9.28. The van der Waals surface area contributed by atoms with Gasteiger partial charge in [-0.25, -0.2) is 4.98 Å². The third kappa shape index (κ3) is 4.03. The van der Waals surface area contributed by atoms with Gasteiger partial charge in [-0.3, -0.25) is 0 Å². The highest BCUT2D eigenvalue weighted by molar-refractivity contribution is 5.86. The number of pyridine rings is 1. The summed E-state index contributed by atoms with van der Waals surface area (Å²) in [6, 6.07) is 18.6. The third-order valence-electron chi connectivity index (χ3n) is 3.85. The predicted octanol–water partition coefficient (Wildman–Crippen LogP) is 3.59. The molecule has 24 heavy (non-hydrogen) atoms. The highest BCUT2D eigenvalue weighted by atomic mass is 16.3. The molecule has 0 aliphatic heterocycles. The number of hydrogen-bond acceptors (Lipinski definition) is 4. The number of nitrogens with one attached hydrogen (secondary N) is 1. The van der Waals surface area contributed by atoms with Gasteiger partial charge in [-0.2, -0.15) is 0 Å². The fourth-order valence-corrected chi connectivity index (χ4v) is 2.63. The summed E-state index contributed by atoms with van der Waals surface area (Å²) < 4.78 is 0. The lowest BCUT2D eigenvalue weighted by Crippen LogP contribution is -2.29. The first-order valence-corrected chi connectivity index (χ1v) is 8.10. The average Bonchev–Trinajstić information content (AvgIpc) is 2.53. The Morgan fingerprint density at radius 3 is 2.50 bits per heavy atom. The van der Waals surface area contributed by atoms with Crippen molar-refractivity contribution in [3.05, 3.63) is 65.7 Å². The average molecular weight is 321 g/mol. The Bertz CT molecular complexity index is 839. The number of rotatable bonds is 5. The lowest BCUT2D eigenvalue weighted by atomic mass is 10.0. The second kappa shape index (κ2) is 6.49. The molecule has 0 aliphatic carbocycles. The zero-order chi connectivity index (χ0) is 17.2. The minimum Gasteiger partial charge on any atom is -0.396 e. The minimum atomic E-state index is -0.817. The molecule has 0 radical (unpaired) electrons. The van der Waals surface area contributed by atoms with E-state index in [4.69, 9.17) is 5.73 Å². The lowest BCUT2D eigenvalue weighted by Gasteiger charge is -2.19. The number of benzene rings is 2. The molecule has 0 saturated carbocycles. The van der Waals surface area contributed by atoms with Gasteiger partial charge in [-0.15, -0.1) is 0 Å². The van der Waals surface area contributed by atoms with Gasteiger partial charge < -0.3 is 16.2 Å². The van der Waals surface area contributed by atoms with E-state index < -0.39 is 5.60 Å². The zero-order valence-corrected chi connectivity index (χ0v) is 14.1. The van der Waals surface area contributed by atoms with Crippen molar-refractivity contribution >= 4 is 22.4 Å². The van der Waals surface area contributed by atoms with Crippen LogP contribution >= 0.6 is 0 Å². The van der Waals surface area contributed by atoms with Gasteiger partial charge in [0.15, 0.2) is 0 Å². The molecule has 4 nitrogen and oxygen atoms in total. The number of fused-ring (bicyclic) bond motifs is 1. The molecule has 0 spiro atoms. The molecule has 0 atom stereocenters. The van der Waals surface area contributed by atoms with Crippen LogP contribution in [0.25, 0.3) is 10.9 Å². The molecular weight excluding hydrogens is 298 g/mol. The predicted molar refractivity (Wildman–Crippen MR) is 100 cm³/mol. The Kier molecular flexibility index (Phi) is 4.40. The van der Waals surface area contributed by atoms with Crippen LogP contribution in [0.3, 0.4) is 0 Å². The molecule has 0 saturated heterocycles. The van der Waals surface area contributed by atoms with Gasteiger partial charge in [-0.1, -0.05) is 36.4 Å². The highest BCUT2D eigenvalue weighted by Gasteiger charge is 2.13. The second-order valence-corrected chi connectivity index (χ2v) is 6.78. The topological polar surface area (TPSA) is 71.2 Å². The van der Waals surface area contributed by atoms with E-state index >= 15 is 0 Å². The SMILES string of the molecule is CC(C)(O)CNc1nc2ccc(Cc3ccccc3)cc2cc1N. The number of aliphatic hydroxyl groups is 1. The fraction of sp³-hybridized carbons (Fsp3) is 0.250. The van der Waals surface area contributed by atoms with E-state index in [0.29, 0.717) is 18.1 Å². The van der Waals surface area contributed by atoms with Crippen molar-refractivity contribution in [2.75, 3.05) is 17.6 Å². The van der Waals surface area contributed by atoms with Gasteiger partial charge >= 0.3 is 0 Å². The Balaban J connectivity index is 1.86. The van der Waals surface area contributed by atoms with Crippen LogP contribution in [0, 0.1) is 0 Å². The molecule has 1 heterocycles. The monoisotopic (exact) mass is 321 g/mol. The molecule has 124 valence electrons. The van der Waals surface area contributed by atoms with Gasteiger partial charge in [0, 0.05) is 11.9 Å². The maximum Gasteiger partial charge on any atom is 0.150 e. The van der Waals surface area contributed by atoms with Crippen molar-refractivity contribution in [1.82, 2.24) is 4.98 Å². The smallest absolute Gasteiger partial charge is 0.150 e. The van der Waals surface area contributed by atoms with Gasteiger partial charge in [0.25, 0.3) is 0 Å². The largest absolute Gasteiger partial charge is 0.396 e. The Morgan fingerprint density at radius 1 is 1.04 bits per heavy atom. The van der Waals surface area contributed by atoms with Gasteiger partial charge in [0.1, 0.15) is 5.82 Å². The molecule has 0 aliphatic rings. The molecule has 2 aromatic carbocycles. The number of aromatic nitrogens is 1. The normalized spacial score (nSPS) is 11.6. The van der Waals surface area contributed by atoms with Crippen LogP contribution in [0.1, 0.15) is 25.0 Å². The van der Waals surface area contributed by atoms with Crippen molar-refractivity contribution in [1.29, 1.82) is 0 Å². The summed E-state index contributed by atoms with van der Waals surface area (Å²) in [5.74, 6) is 0.612. The van der Waals surface area contributed by atoms with Crippen LogP contribution in [0.4, 0.5) is 11.5 Å². The van der Waals surface area contributed by atoms with E-state index in [9.17, 15) is 5.11 Å². The van der Waals surface area contributed by atoms with Crippen LogP contribution in [0.15, 0.2) is 54.6 Å². The van der Waals surface area contributed by atoms with Gasteiger partial charge in [0.05, 0.1) is 16.8 Å². The van der Waals surface area contributed by atoms with Crippen LogP contribution in [-0.4, -0.2) is 22.2 Å².